The van der Waals surface area contributed by atoms with Gasteiger partial charge in [0, 0.05) is 0 Å². The molecule has 168 valence electrons. The summed E-state index contributed by atoms with van der Waals surface area (Å²) in [4.78, 5) is 25.4. The van der Waals surface area contributed by atoms with Crippen molar-refractivity contribution in [3.05, 3.63) is 105 Å². The zero-order chi connectivity index (χ0) is 22.5. The van der Waals surface area contributed by atoms with E-state index < -0.39 is 41.6 Å². The SMILES string of the molecule is O=c1[nH]c(=O)n([C@@H]2O[C@H](COCc3ccccc3)[C@H](OCc3ccccc3)[C@H]2O)cc1F. The molecule has 0 amide bonds. The van der Waals surface area contributed by atoms with Gasteiger partial charge in [-0.15, -0.1) is 0 Å². The summed E-state index contributed by atoms with van der Waals surface area (Å²) in [5.74, 6) is -1.16. The van der Waals surface area contributed by atoms with E-state index in [0.717, 1.165) is 21.9 Å². The number of hydrogen-bond acceptors (Lipinski definition) is 6. The third kappa shape index (κ3) is 5.03. The van der Waals surface area contributed by atoms with Crippen molar-refractivity contribution in [1.82, 2.24) is 9.55 Å². The number of H-pyrrole nitrogens is 1. The summed E-state index contributed by atoms with van der Waals surface area (Å²) in [5.41, 5.74) is -0.186. The van der Waals surface area contributed by atoms with Crippen LogP contribution in [0, 0.1) is 5.82 Å². The average molecular weight is 442 g/mol. The number of aromatic amines is 1. The minimum absolute atomic E-state index is 0.0719. The molecule has 4 atom stereocenters. The summed E-state index contributed by atoms with van der Waals surface area (Å²) >= 11 is 0. The molecular weight excluding hydrogens is 419 g/mol. The molecule has 8 nitrogen and oxygen atoms in total. The number of hydrogen-bond donors (Lipinski definition) is 2. The molecule has 1 aliphatic heterocycles. The normalized spacial score (nSPS) is 22.8. The lowest BCUT2D eigenvalue weighted by Gasteiger charge is -2.21. The number of halogens is 1. The maximum Gasteiger partial charge on any atom is 0.330 e. The van der Waals surface area contributed by atoms with Gasteiger partial charge in [-0.05, 0) is 11.1 Å². The molecule has 1 saturated heterocycles. The molecule has 0 unspecified atom stereocenters. The Kier molecular flexibility index (Phi) is 6.91. The summed E-state index contributed by atoms with van der Waals surface area (Å²) in [6.07, 6.45) is -3.41. The maximum atomic E-state index is 13.8. The fourth-order valence-electron chi connectivity index (χ4n) is 3.57. The summed E-state index contributed by atoms with van der Waals surface area (Å²) in [7, 11) is 0. The van der Waals surface area contributed by atoms with Crippen LogP contribution in [0.25, 0.3) is 0 Å². The molecule has 0 spiro atoms. The van der Waals surface area contributed by atoms with Crippen LogP contribution in [0.3, 0.4) is 0 Å². The molecule has 1 fully saturated rings. The first kappa shape index (κ1) is 22.1. The Morgan fingerprint density at radius 1 is 1.00 bits per heavy atom. The molecule has 3 aromatic rings. The quantitative estimate of drug-likeness (QED) is 0.551. The van der Waals surface area contributed by atoms with Gasteiger partial charge >= 0.3 is 5.69 Å². The van der Waals surface area contributed by atoms with E-state index in [2.05, 4.69) is 0 Å². The third-order valence-electron chi connectivity index (χ3n) is 5.19. The number of nitrogens with one attached hydrogen (secondary N) is 1. The van der Waals surface area contributed by atoms with Crippen molar-refractivity contribution in [2.45, 2.75) is 37.8 Å². The highest BCUT2D eigenvalue weighted by atomic mass is 19.1. The van der Waals surface area contributed by atoms with Crippen LogP contribution in [0.4, 0.5) is 4.39 Å². The second-order valence-corrected chi connectivity index (χ2v) is 7.46. The minimum atomic E-state index is -1.30. The number of nitrogens with zero attached hydrogens (tertiary/aromatic N) is 1. The number of rotatable bonds is 8. The molecule has 2 aromatic carbocycles. The molecule has 2 heterocycles. The van der Waals surface area contributed by atoms with Crippen molar-refractivity contribution >= 4 is 0 Å². The Bertz CT molecular complexity index is 1130. The molecule has 4 rings (SSSR count). The van der Waals surface area contributed by atoms with Gasteiger partial charge in [0.1, 0.15) is 18.3 Å². The Morgan fingerprint density at radius 3 is 2.28 bits per heavy atom. The van der Waals surface area contributed by atoms with Gasteiger partial charge in [0.2, 0.25) is 5.82 Å². The van der Waals surface area contributed by atoms with Crippen molar-refractivity contribution in [2.24, 2.45) is 0 Å². The summed E-state index contributed by atoms with van der Waals surface area (Å²) in [6, 6.07) is 18.9. The molecule has 0 radical (unpaired) electrons. The van der Waals surface area contributed by atoms with E-state index in [0.29, 0.717) is 6.61 Å². The number of aliphatic hydroxyl groups excluding tert-OH is 1. The Balaban J connectivity index is 1.51. The standard InChI is InChI=1S/C23H23FN2O6/c24-17-11-26(23(29)25-21(17)28)22-19(27)20(31-13-16-9-5-2-6-10-16)18(32-22)14-30-12-15-7-3-1-4-8-15/h1-11,18-20,22,27H,12-14H2,(H,25,28,29)/t18-,19-,20+,22-/m1/s1. The zero-order valence-electron chi connectivity index (χ0n) is 17.1. The van der Waals surface area contributed by atoms with Crippen LogP contribution in [0.1, 0.15) is 17.4 Å². The number of ether oxygens (including phenoxy) is 3. The van der Waals surface area contributed by atoms with E-state index in [4.69, 9.17) is 14.2 Å². The molecule has 0 aliphatic carbocycles. The van der Waals surface area contributed by atoms with Crippen LogP contribution in [0.2, 0.25) is 0 Å². The predicted molar refractivity (Wildman–Crippen MR) is 112 cm³/mol. The van der Waals surface area contributed by atoms with Gasteiger partial charge < -0.3 is 19.3 Å². The van der Waals surface area contributed by atoms with Crippen molar-refractivity contribution in [3.8, 4) is 0 Å². The lowest BCUT2D eigenvalue weighted by molar-refractivity contribution is -0.0834. The molecule has 9 heteroatoms. The van der Waals surface area contributed by atoms with Gasteiger partial charge in [-0.2, -0.15) is 4.39 Å². The Hall–Kier alpha value is -3.11. The van der Waals surface area contributed by atoms with Crippen molar-refractivity contribution in [1.29, 1.82) is 0 Å². The Morgan fingerprint density at radius 2 is 1.62 bits per heavy atom. The van der Waals surface area contributed by atoms with E-state index in [1.807, 2.05) is 65.6 Å². The van der Waals surface area contributed by atoms with Crippen LogP contribution in [0.15, 0.2) is 76.4 Å². The molecule has 0 bridgehead atoms. The number of aromatic nitrogens is 2. The van der Waals surface area contributed by atoms with Crippen LogP contribution in [0.5, 0.6) is 0 Å². The fraction of sp³-hybridized carbons (Fsp3) is 0.304. The zero-order valence-corrected chi connectivity index (χ0v) is 17.1. The van der Waals surface area contributed by atoms with Gasteiger partial charge in [-0.1, -0.05) is 60.7 Å². The van der Waals surface area contributed by atoms with Crippen molar-refractivity contribution in [2.75, 3.05) is 6.61 Å². The monoisotopic (exact) mass is 442 g/mol. The number of benzene rings is 2. The highest BCUT2D eigenvalue weighted by Crippen LogP contribution is 2.31. The molecule has 0 saturated carbocycles. The van der Waals surface area contributed by atoms with Gasteiger partial charge in [0.05, 0.1) is 26.0 Å². The topological polar surface area (TPSA) is 103 Å². The summed E-state index contributed by atoms with van der Waals surface area (Å²) in [5, 5.41) is 10.9. The van der Waals surface area contributed by atoms with E-state index in [-0.39, 0.29) is 13.2 Å². The van der Waals surface area contributed by atoms with Crippen molar-refractivity contribution in [3.63, 3.8) is 0 Å². The second-order valence-electron chi connectivity index (χ2n) is 7.46. The van der Waals surface area contributed by atoms with E-state index >= 15 is 0 Å². The smallest absolute Gasteiger partial charge is 0.330 e. The summed E-state index contributed by atoms with van der Waals surface area (Å²) < 4.78 is 32.1. The minimum Gasteiger partial charge on any atom is -0.386 e. The predicted octanol–water partition coefficient (Wildman–Crippen LogP) is 1.74. The largest absolute Gasteiger partial charge is 0.386 e. The maximum absolute atomic E-state index is 13.8. The average Bonchev–Trinajstić information content (AvgIpc) is 3.11. The van der Waals surface area contributed by atoms with Gasteiger partial charge in [-0.3, -0.25) is 14.3 Å². The molecule has 2 N–H and O–H groups in total. The Labute approximate surface area is 182 Å². The third-order valence-corrected chi connectivity index (χ3v) is 5.19. The lowest BCUT2D eigenvalue weighted by Crippen LogP contribution is -2.39. The lowest BCUT2D eigenvalue weighted by atomic mass is 10.1. The van der Waals surface area contributed by atoms with E-state index in [1.165, 1.54) is 0 Å². The molecule has 1 aliphatic rings. The second kappa shape index (κ2) is 10.0. The van der Waals surface area contributed by atoms with Crippen molar-refractivity contribution < 1.29 is 23.7 Å². The van der Waals surface area contributed by atoms with E-state index in [9.17, 15) is 19.1 Å². The number of aliphatic hydroxyl groups is 1. The van der Waals surface area contributed by atoms with Gasteiger partial charge in [-0.25, -0.2) is 4.79 Å². The molecular formula is C23H23FN2O6. The van der Waals surface area contributed by atoms with Crippen LogP contribution >= 0.6 is 0 Å². The molecule has 1 aromatic heterocycles. The van der Waals surface area contributed by atoms with Crippen LogP contribution in [-0.2, 0) is 27.4 Å². The first-order chi connectivity index (χ1) is 15.5. The highest BCUT2D eigenvalue weighted by Gasteiger charge is 2.46. The summed E-state index contributed by atoms with van der Waals surface area (Å²) in [6.45, 7) is 0.589. The van der Waals surface area contributed by atoms with Gasteiger partial charge in [0.25, 0.3) is 5.56 Å². The van der Waals surface area contributed by atoms with Crippen LogP contribution < -0.4 is 11.2 Å². The highest BCUT2D eigenvalue weighted by molar-refractivity contribution is 5.14. The van der Waals surface area contributed by atoms with E-state index in [1.54, 1.807) is 0 Å². The molecule has 32 heavy (non-hydrogen) atoms. The van der Waals surface area contributed by atoms with Gasteiger partial charge in [0.15, 0.2) is 6.23 Å². The first-order valence-electron chi connectivity index (χ1n) is 10.1. The van der Waals surface area contributed by atoms with Crippen LogP contribution in [-0.4, -0.2) is 39.6 Å². The fourth-order valence-corrected chi connectivity index (χ4v) is 3.57. The first-order valence-corrected chi connectivity index (χ1v) is 10.1.